The van der Waals surface area contributed by atoms with E-state index in [-0.39, 0.29) is 0 Å². The highest BCUT2D eigenvalue weighted by Crippen LogP contribution is 2.16. The predicted octanol–water partition coefficient (Wildman–Crippen LogP) is 1.89. The first-order chi connectivity index (χ1) is 8.97. The molecule has 0 spiro atoms. The molecule has 0 saturated carbocycles. The summed E-state index contributed by atoms with van der Waals surface area (Å²) in [7, 11) is 0. The maximum absolute atomic E-state index is 11.3. The van der Waals surface area contributed by atoms with Gasteiger partial charge in [0.25, 0.3) is 0 Å². The van der Waals surface area contributed by atoms with Gasteiger partial charge in [-0.15, -0.1) is 0 Å². The van der Waals surface area contributed by atoms with Crippen molar-refractivity contribution in [1.29, 1.82) is 0 Å². The van der Waals surface area contributed by atoms with Crippen LogP contribution in [0.15, 0.2) is 30.3 Å². The molecular formula is C15H25N3O. The second-order valence-electron chi connectivity index (χ2n) is 5.21. The Morgan fingerprint density at radius 2 is 1.89 bits per heavy atom. The van der Waals surface area contributed by atoms with Gasteiger partial charge in [0.15, 0.2) is 0 Å². The number of unbranched alkanes of at least 4 members (excludes halogenated alkanes) is 1. The van der Waals surface area contributed by atoms with E-state index in [1.54, 1.807) is 6.92 Å². The van der Waals surface area contributed by atoms with Gasteiger partial charge in [0.05, 0.1) is 5.54 Å². The van der Waals surface area contributed by atoms with E-state index in [1.165, 1.54) is 0 Å². The second-order valence-corrected chi connectivity index (χ2v) is 5.21. The molecule has 0 heterocycles. The number of rotatable bonds is 8. The molecule has 1 aromatic rings. The normalized spacial score (nSPS) is 13.8. The summed E-state index contributed by atoms with van der Waals surface area (Å²) in [6.45, 7) is 5.56. The van der Waals surface area contributed by atoms with Crippen LogP contribution in [0.2, 0.25) is 0 Å². The average Bonchev–Trinajstić information content (AvgIpc) is 2.39. The first kappa shape index (κ1) is 15.5. The molecule has 0 bridgehead atoms. The van der Waals surface area contributed by atoms with E-state index in [1.807, 2.05) is 18.2 Å². The molecule has 1 rings (SSSR count). The molecule has 4 N–H and O–H groups in total. The fraction of sp³-hybridized carbons (Fsp3) is 0.533. The minimum atomic E-state index is -0.945. The number of para-hydroxylation sites is 1. The van der Waals surface area contributed by atoms with Crippen LogP contribution in [-0.2, 0) is 4.79 Å². The molecule has 106 valence electrons. The van der Waals surface area contributed by atoms with Crippen molar-refractivity contribution in [3.05, 3.63) is 30.3 Å². The van der Waals surface area contributed by atoms with Gasteiger partial charge in [-0.2, -0.15) is 0 Å². The maximum atomic E-state index is 11.3. The molecule has 1 unspecified atom stereocenters. The van der Waals surface area contributed by atoms with Gasteiger partial charge in [-0.25, -0.2) is 0 Å². The Bertz CT molecular complexity index is 390. The van der Waals surface area contributed by atoms with Crippen molar-refractivity contribution in [3.63, 3.8) is 0 Å². The summed E-state index contributed by atoms with van der Waals surface area (Å²) >= 11 is 0. The zero-order chi connectivity index (χ0) is 14.3. The fourth-order valence-corrected chi connectivity index (χ4v) is 1.85. The molecule has 0 saturated heterocycles. The summed E-state index contributed by atoms with van der Waals surface area (Å²) in [4.78, 5) is 13.5. The number of primary amides is 1. The van der Waals surface area contributed by atoms with Gasteiger partial charge in [0, 0.05) is 18.8 Å². The summed E-state index contributed by atoms with van der Waals surface area (Å²) in [5.74, 6) is -0.448. The summed E-state index contributed by atoms with van der Waals surface area (Å²) < 4.78 is 0. The number of carbonyl (C=O) groups is 1. The zero-order valence-corrected chi connectivity index (χ0v) is 11.9. The Hall–Kier alpha value is -1.55. The first-order valence-corrected chi connectivity index (χ1v) is 6.86. The SMILES string of the molecule is CCCCN(CCC(C)(N)C(N)=O)c1ccccc1. The van der Waals surface area contributed by atoms with Crippen LogP contribution in [0.5, 0.6) is 0 Å². The number of anilines is 1. The van der Waals surface area contributed by atoms with Gasteiger partial charge < -0.3 is 16.4 Å². The van der Waals surface area contributed by atoms with Crippen LogP contribution < -0.4 is 16.4 Å². The summed E-state index contributed by atoms with van der Waals surface area (Å²) in [6, 6.07) is 10.2. The lowest BCUT2D eigenvalue weighted by Crippen LogP contribution is -2.51. The van der Waals surface area contributed by atoms with Crippen molar-refractivity contribution in [2.24, 2.45) is 11.5 Å². The van der Waals surface area contributed by atoms with E-state index >= 15 is 0 Å². The lowest BCUT2D eigenvalue weighted by molar-refractivity contribution is -0.122. The highest BCUT2D eigenvalue weighted by Gasteiger charge is 2.26. The molecule has 0 aliphatic rings. The molecule has 1 aromatic carbocycles. The predicted molar refractivity (Wildman–Crippen MR) is 80.0 cm³/mol. The number of nitrogens with zero attached hydrogens (tertiary/aromatic N) is 1. The topological polar surface area (TPSA) is 72.3 Å². The summed E-state index contributed by atoms with van der Waals surface area (Å²) in [6.07, 6.45) is 2.81. The lowest BCUT2D eigenvalue weighted by Gasteiger charge is -2.29. The molecule has 0 aliphatic heterocycles. The first-order valence-electron chi connectivity index (χ1n) is 6.86. The Balaban J connectivity index is 2.68. The zero-order valence-electron chi connectivity index (χ0n) is 11.9. The number of nitrogens with two attached hydrogens (primary N) is 2. The van der Waals surface area contributed by atoms with Crippen molar-refractivity contribution in [2.75, 3.05) is 18.0 Å². The smallest absolute Gasteiger partial charge is 0.237 e. The van der Waals surface area contributed by atoms with Crippen LogP contribution in [0.1, 0.15) is 33.1 Å². The van der Waals surface area contributed by atoms with Crippen LogP contribution in [0.3, 0.4) is 0 Å². The van der Waals surface area contributed by atoms with Crippen molar-refractivity contribution < 1.29 is 4.79 Å². The number of amides is 1. The molecule has 1 amide bonds. The third-order valence-corrected chi connectivity index (χ3v) is 3.37. The molecule has 4 heteroatoms. The van der Waals surface area contributed by atoms with Gasteiger partial charge in [0.1, 0.15) is 0 Å². The van der Waals surface area contributed by atoms with Gasteiger partial charge in [-0.3, -0.25) is 4.79 Å². The highest BCUT2D eigenvalue weighted by atomic mass is 16.1. The van der Waals surface area contributed by atoms with Crippen LogP contribution >= 0.6 is 0 Å². The number of hydrogen-bond donors (Lipinski definition) is 2. The Morgan fingerprint density at radius 3 is 2.42 bits per heavy atom. The minimum absolute atomic E-state index is 0.448. The third kappa shape index (κ3) is 4.91. The molecule has 19 heavy (non-hydrogen) atoms. The van der Waals surface area contributed by atoms with Crippen molar-refractivity contribution in [2.45, 2.75) is 38.6 Å². The van der Waals surface area contributed by atoms with E-state index < -0.39 is 11.4 Å². The van der Waals surface area contributed by atoms with E-state index in [4.69, 9.17) is 11.5 Å². The molecule has 0 fully saturated rings. The molecular weight excluding hydrogens is 238 g/mol. The Morgan fingerprint density at radius 1 is 1.26 bits per heavy atom. The lowest BCUT2D eigenvalue weighted by atomic mass is 9.98. The monoisotopic (exact) mass is 263 g/mol. The van der Waals surface area contributed by atoms with Crippen LogP contribution in [0.25, 0.3) is 0 Å². The van der Waals surface area contributed by atoms with E-state index in [2.05, 4.69) is 24.0 Å². The maximum Gasteiger partial charge on any atom is 0.237 e. The minimum Gasteiger partial charge on any atom is -0.371 e. The molecule has 1 atom stereocenters. The van der Waals surface area contributed by atoms with E-state index in [0.717, 1.165) is 31.6 Å². The Kier molecular flexibility index (Phi) is 5.83. The molecule has 0 radical (unpaired) electrons. The number of hydrogen-bond acceptors (Lipinski definition) is 3. The van der Waals surface area contributed by atoms with Crippen LogP contribution in [0, 0.1) is 0 Å². The Labute approximate surface area is 115 Å². The summed E-state index contributed by atoms with van der Waals surface area (Å²) in [5, 5.41) is 0. The number of carbonyl (C=O) groups excluding carboxylic acids is 1. The standard InChI is InChI=1S/C15H25N3O/c1-3-4-11-18(13-8-6-5-7-9-13)12-10-15(2,17)14(16)19/h5-9H,3-4,10-12,17H2,1-2H3,(H2,16,19). The van der Waals surface area contributed by atoms with Crippen molar-refractivity contribution >= 4 is 11.6 Å². The van der Waals surface area contributed by atoms with Gasteiger partial charge in [-0.05, 0) is 31.9 Å². The van der Waals surface area contributed by atoms with Gasteiger partial charge in [-0.1, -0.05) is 31.5 Å². The molecule has 0 aliphatic carbocycles. The largest absolute Gasteiger partial charge is 0.371 e. The average molecular weight is 263 g/mol. The quantitative estimate of drug-likeness (QED) is 0.752. The molecule has 4 nitrogen and oxygen atoms in total. The van der Waals surface area contributed by atoms with Crippen LogP contribution in [-0.4, -0.2) is 24.5 Å². The van der Waals surface area contributed by atoms with Crippen molar-refractivity contribution in [1.82, 2.24) is 0 Å². The van der Waals surface area contributed by atoms with Gasteiger partial charge >= 0.3 is 0 Å². The fourth-order valence-electron chi connectivity index (χ4n) is 1.85. The van der Waals surface area contributed by atoms with E-state index in [9.17, 15) is 4.79 Å². The third-order valence-electron chi connectivity index (χ3n) is 3.37. The second kappa shape index (κ2) is 7.14. The highest BCUT2D eigenvalue weighted by molar-refractivity contribution is 5.83. The molecule has 0 aromatic heterocycles. The van der Waals surface area contributed by atoms with Gasteiger partial charge in [0.2, 0.25) is 5.91 Å². The summed E-state index contributed by atoms with van der Waals surface area (Å²) in [5.41, 5.74) is 11.4. The number of benzene rings is 1. The van der Waals surface area contributed by atoms with Crippen molar-refractivity contribution in [3.8, 4) is 0 Å². The van der Waals surface area contributed by atoms with Crippen LogP contribution in [0.4, 0.5) is 5.69 Å². The van der Waals surface area contributed by atoms with E-state index in [0.29, 0.717) is 6.42 Å².